The van der Waals surface area contributed by atoms with Crippen molar-refractivity contribution in [2.75, 3.05) is 7.05 Å². The molecule has 1 aromatic heterocycles. The van der Waals surface area contributed by atoms with Crippen LogP contribution in [0.1, 0.15) is 38.6 Å². The van der Waals surface area contributed by atoms with Crippen LogP contribution in [0.3, 0.4) is 0 Å². The van der Waals surface area contributed by atoms with E-state index in [-0.39, 0.29) is 5.69 Å². The molecule has 0 saturated heterocycles. The Bertz CT molecular complexity index is 389. The van der Waals surface area contributed by atoms with E-state index in [0.717, 1.165) is 32.2 Å². The summed E-state index contributed by atoms with van der Waals surface area (Å²) in [5.41, 5.74) is 0.152. The molecule has 1 atom stereocenters. The SMILES string of the molecule is CCCC(Cn1ccn(C2CC2)c1=O)NC. The predicted molar refractivity (Wildman–Crippen MR) is 64.7 cm³/mol. The van der Waals surface area contributed by atoms with Crippen LogP contribution < -0.4 is 11.0 Å². The Morgan fingerprint density at radius 3 is 2.81 bits per heavy atom. The molecule has 0 aliphatic heterocycles. The van der Waals surface area contributed by atoms with Gasteiger partial charge in [-0.2, -0.15) is 0 Å². The monoisotopic (exact) mass is 223 g/mol. The summed E-state index contributed by atoms with van der Waals surface area (Å²) in [6.45, 7) is 2.95. The molecule has 0 bridgehead atoms. The average Bonchev–Trinajstić information content (AvgIpc) is 3.05. The number of nitrogens with one attached hydrogen (secondary N) is 1. The standard InChI is InChI=1S/C12H21N3O/c1-3-4-10(13-2)9-14-7-8-15(12(14)16)11-5-6-11/h7-8,10-11,13H,3-6,9H2,1-2H3. The van der Waals surface area contributed by atoms with E-state index in [1.54, 1.807) is 0 Å². The zero-order valence-corrected chi connectivity index (χ0v) is 10.1. The lowest BCUT2D eigenvalue weighted by atomic mass is 10.2. The highest BCUT2D eigenvalue weighted by Crippen LogP contribution is 2.33. The van der Waals surface area contributed by atoms with Gasteiger partial charge in [-0.25, -0.2) is 4.79 Å². The summed E-state index contributed by atoms with van der Waals surface area (Å²) in [5.74, 6) is 0. The molecule has 0 radical (unpaired) electrons. The minimum atomic E-state index is 0.152. The zero-order chi connectivity index (χ0) is 11.5. The van der Waals surface area contributed by atoms with E-state index in [4.69, 9.17) is 0 Å². The summed E-state index contributed by atoms with van der Waals surface area (Å²) in [6.07, 6.45) is 8.42. The fraction of sp³-hybridized carbons (Fsp3) is 0.750. The van der Waals surface area contributed by atoms with Crippen LogP contribution >= 0.6 is 0 Å². The largest absolute Gasteiger partial charge is 0.328 e. The van der Waals surface area contributed by atoms with Gasteiger partial charge in [0.05, 0.1) is 0 Å². The van der Waals surface area contributed by atoms with E-state index < -0.39 is 0 Å². The molecule has 1 aliphatic rings. The predicted octanol–water partition coefficient (Wildman–Crippen LogP) is 1.37. The average molecular weight is 223 g/mol. The smallest absolute Gasteiger partial charge is 0.315 e. The first-order chi connectivity index (χ1) is 7.76. The highest BCUT2D eigenvalue weighted by atomic mass is 16.1. The van der Waals surface area contributed by atoms with Gasteiger partial charge in [-0.05, 0) is 26.3 Å². The molecule has 1 saturated carbocycles. The first kappa shape index (κ1) is 11.5. The van der Waals surface area contributed by atoms with Crippen molar-refractivity contribution in [2.45, 2.75) is 51.2 Å². The molecule has 4 heteroatoms. The Labute approximate surface area is 96.3 Å². The maximum absolute atomic E-state index is 12.0. The second-order valence-corrected chi connectivity index (χ2v) is 4.65. The fourth-order valence-electron chi connectivity index (χ4n) is 2.11. The van der Waals surface area contributed by atoms with Crippen molar-refractivity contribution in [1.82, 2.24) is 14.5 Å². The van der Waals surface area contributed by atoms with Crippen molar-refractivity contribution in [2.24, 2.45) is 0 Å². The van der Waals surface area contributed by atoms with Gasteiger partial charge in [-0.15, -0.1) is 0 Å². The Kier molecular flexibility index (Phi) is 3.49. The Hall–Kier alpha value is -1.03. The van der Waals surface area contributed by atoms with Crippen molar-refractivity contribution in [3.8, 4) is 0 Å². The third kappa shape index (κ3) is 2.38. The molecule has 2 rings (SSSR count). The lowest BCUT2D eigenvalue weighted by Gasteiger charge is -2.14. The van der Waals surface area contributed by atoms with E-state index in [2.05, 4.69) is 12.2 Å². The van der Waals surface area contributed by atoms with Gasteiger partial charge in [0.25, 0.3) is 0 Å². The number of hydrogen-bond acceptors (Lipinski definition) is 2. The van der Waals surface area contributed by atoms with Gasteiger partial charge in [0.1, 0.15) is 0 Å². The molecule has 90 valence electrons. The molecule has 0 spiro atoms. The fourth-order valence-corrected chi connectivity index (χ4v) is 2.11. The molecular formula is C12H21N3O. The molecule has 0 amide bonds. The lowest BCUT2D eigenvalue weighted by Crippen LogP contribution is -2.34. The van der Waals surface area contributed by atoms with Gasteiger partial charge in [-0.1, -0.05) is 13.3 Å². The van der Waals surface area contributed by atoms with E-state index >= 15 is 0 Å². The summed E-state index contributed by atoms with van der Waals surface area (Å²) in [4.78, 5) is 12.0. The molecule has 0 aromatic carbocycles. The number of hydrogen-bond donors (Lipinski definition) is 1. The van der Waals surface area contributed by atoms with Gasteiger partial charge in [0.2, 0.25) is 0 Å². The second-order valence-electron chi connectivity index (χ2n) is 4.65. The molecule has 1 unspecified atom stereocenters. The topological polar surface area (TPSA) is 39.0 Å². The number of imidazole rings is 1. The maximum atomic E-state index is 12.0. The molecule has 1 aromatic rings. The Morgan fingerprint density at radius 1 is 1.50 bits per heavy atom. The van der Waals surface area contributed by atoms with Crippen molar-refractivity contribution >= 4 is 0 Å². The molecule has 4 nitrogen and oxygen atoms in total. The molecule has 1 aliphatic carbocycles. The number of likely N-dealkylation sites (N-methyl/N-ethyl adjacent to an activating group) is 1. The normalized spacial score (nSPS) is 17.6. The van der Waals surface area contributed by atoms with Crippen LogP contribution in [0.2, 0.25) is 0 Å². The molecule has 16 heavy (non-hydrogen) atoms. The molecule has 1 N–H and O–H groups in total. The minimum Gasteiger partial charge on any atom is -0.315 e. The summed E-state index contributed by atoms with van der Waals surface area (Å²) in [5, 5.41) is 3.26. The third-order valence-electron chi connectivity index (χ3n) is 3.28. The first-order valence-corrected chi connectivity index (χ1v) is 6.20. The van der Waals surface area contributed by atoms with Gasteiger partial charge in [0, 0.05) is 31.0 Å². The van der Waals surface area contributed by atoms with E-state index in [1.807, 2.05) is 28.6 Å². The summed E-state index contributed by atoms with van der Waals surface area (Å²) >= 11 is 0. The number of nitrogens with zero attached hydrogens (tertiary/aromatic N) is 2. The van der Waals surface area contributed by atoms with Crippen LogP contribution in [-0.2, 0) is 6.54 Å². The summed E-state index contributed by atoms with van der Waals surface area (Å²) < 4.78 is 3.70. The van der Waals surface area contributed by atoms with Crippen molar-refractivity contribution in [3.63, 3.8) is 0 Å². The van der Waals surface area contributed by atoms with Gasteiger partial charge < -0.3 is 5.32 Å². The van der Waals surface area contributed by atoms with Gasteiger partial charge in [-0.3, -0.25) is 9.13 Å². The third-order valence-corrected chi connectivity index (χ3v) is 3.28. The van der Waals surface area contributed by atoms with E-state index in [1.165, 1.54) is 0 Å². The van der Waals surface area contributed by atoms with Crippen molar-refractivity contribution in [1.29, 1.82) is 0 Å². The van der Waals surface area contributed by atoms with Crippen molar-refractivity contribution in [3.05, 3.63) is 22.9 Å². The highest BCUT2D eigenvalue weighted by molar-refractivity contribution is 4.91. The Morgan fingerprint density at radius 2 is 2.25 bits per heavy atom. The van der Waals surface area contributed by atoms with E-state index in [9.17, 15) is 4.79 Å². The molecular weight excluding hydrogens is 202 g/mol. The van der Waals surface area contributed by atoms with Crippen LogP contribution in [0.25, 0.3) is 0 Å². The van der Waals surface area contributed by atoms with Crippen LogP contribution in [0.5, 0.6) is 0 Å². The van der Waals surface area contributed by atoms with Crippen LogP contribution in [0.4, 0.5) is 0 Å². The van der Waals surface area contributed by atoms with Crippen LogP contribution in [-0.4, -0.2) is 22.2 Å². The van der Waals surface area contributed by atoms with Crippen LogP contribution in [0, 0.1) is 0 Å². The molecule has 1 fully saturated rings. The molecule has 1 heterocycles. The van der Waals surface area contributed by atoms with Crippen molar-refractivity contribution < 1.29 is 0 Å². The lowest BCUT2D eigenvalue weighted by molar-refractivity contribution is 0.439. The zero-order valence-electron chi connectivity index (χ0n) is 10.1. The number of aromatic nitrogens is 2. The van der Waals surface area contributed by atoms with Crippen LogP contribution in [0.15, 0.2) is 17.2 Å². The Balaban J connectivity index is 2.05. The van der Waals surface area contributed by atoms with E-state index in [0.29, 0.717) is 12.1 Å². The maximum Gasteiger partial charge on any atom is 0.328 e. The number of rotatable bonds is 6. The minimum absolute atomic E-state index is 0.152. The summed E-state index contributed by atoms with van der Waals surface area (Å²) in [6, 6.07) is 0.880. The summed E-state index contributed by atoms with van der Waals surface area (Å²) in [7, 11) is 1.96. The van der Waals surface area contributed by atoms with Gasteiger partial charge in [0.15, 0.2) is 0 Å². The second kappa shape index (κ2) is 4.87. The van der Waals surface area contributed by atoms with Gasteiger partial charge >= 0.3 is 5.69 Å². The quantitative estimate of drug-likeness (QED) is 0.791. The highest BCUT2D eigenvalue weighted by Gasteiger charge is 2.25. The first-order valence-electron chi connectivity index (χ1n) is 6.20.